The van der Waals surface area contributed by atoms with E-state index >= 15 is 0 Å². The van der Waals surface area contributed by atoms with Crippen molar-refractivity contribution in [2.24, 2.45) is 0 Å². The van der Waals surface area contributed by atoms with E-state index in [1.807, 2.05) is 19.2 Å². The lowest BCUT2D eigenvalue weighted by atomic mass is 10.2. The standard InChI is InChI=1S/C14H18FN5O/c1-2-16-13-12(15)11(5-8-17-13)14(21)18-6-3-9-20-10-4-7-19-20/h4-5,7-8,10H,2-3,6,9H2,1H3,(H,16,17)(H,18,21). The number of carbonyl (C=O) groups excluding carboxylic acids is 1. The Labute approximate surface area is 122 Å². The number of aromatic nitrogens is 3. The van der Waals surface area contributed by atoms with Gasteiger partial charge < -0.3 is 10.6 Å². The van der Waals surface area contributed by atoms with E-state index in [1.54, 1.807) is 10.9 Å². The monoisotopic (exact) mass is 291 g/mol. The van der Waals surface area contributed by atoms with Gasteiger partial charge in [0.15, 0.2) is 11.6 Å². The first-order valence-corrected chi connectivity index (χ1v) is 6.86. The number of halogens is 1. The third kappa shape index (κ3) is 4.01. The number of amides is 1. The van der Waals surface area contributed by atoms with E-state index in [4.69, 9.17) is 0 Å². The van der Waals surface area contributed by atoms with Crippen LogP contribution in [0.5, 0.6) is 0 Å². The molecule has 2 aromatic rings. The molecule has 0 aliphatic carbocycles. The highest BCUT2D eigenvalue weighted by atomic mass is 19.1. The third-order valence-corrected chi connectivity index (χ3v) is 2.89. The highest BCUT2D eigenvalue weighted by molar-refractivity contribution is 5.95. The molecule has 0 saturated heterocycles. The minimum absolute atomic E-state index is 0.0000363. The van der Waals surface area contributed by atoms with Crippen molar-refractivity contribution < 1.29 is 9.18 Å². The molecule has 6 nitrogen and oxygen atoms in total. The van der Waals surface area contributed by atoms with Gasteiger partial charge in [0.25, 0.3) is 5.91 Å². The highest BCUT2D eigenvalue weighted by Crippen LogP contribution is 2.14. The number of pyridine rings is 1. The van der Waals surface area contributed by atoms with Crippen molar-refractivity contribution >= 4 is 11.7 Å². The Morgan fingerprint density at radius 3 is 3.00 bits per heavy atom. The lowest BCUT2D eigenvalue weighted by molar-refractivity contribution is 0.0948. The van der Waals surface area contributed by atoms with Crippen molar-refractivity contribution in [2.45, 2.75) is 19.9 Å². The molecule has 1 amide bonds. The zero-order chi connectivity index (χ0) is 15.1. The number of anilines is 1. The smallest absolute Gasteiger partial charge is 0.254 e. The molecule has 0 aromatic carbocycles. The number of carbonyl (C=O) groups is 1. The van der Waals surface area contributed by atoms with Gasteiger partial charge in [-0.05, 0) is 25.5 Å². The number of nitrogens with one attached hydrogen (secondary N) is 2. The van der Waals surface area contributed by atoms with Gasteiger partial charge in [0.1, 0.15) is 0 Å². The summed E-state index contributed by atoms with van der Waals surface area (Å²) in [6.45, 7) is 3.54. The molecule has 0 saturated carbocycles. The number of aryl methyl sites for hydroxylation is 1. The van der Waals surface area contributed by atoms with E-state index in [0.717, 1.165) is 6.42 Å². The first-order chi connectivity index (χ1) is 10.2. The Morgan fingerprint density at radius 1 is 1.43 bits per heavy atom. The summed E-state index contributed by atoms with van der Waals surface area (Å²) in [5, 5.41) is 9.54. The molecule has 112 valence electrons. The highest BCUT2D eigenvalue weighted by Gasteiger charge is 2.15. The normalized spacial score (nSPS) is 10.4. The number of nitrogens with zero attached hydrogens (tertiary/aromatic N) is 3. The molecule has 0 aliphatic rings. The van der Waals surface area contributed by atoms with Gasteiger partial charge in [-0.15, -0.1) is 0 Å². The summed E-state index contributed by atoms with van der Waals surface area (Å²) in [6.07, 6.45) is 5.69. The average Bonchev–Trinajstić information content (AvgIpc) is 2.99. The molecule has 2 heterocycles. The van der Waals surface area contributed by atoms with Gasteiger partial charge in [-0.3, -0.25) is 9.48 Å². The van der Waals surface area contributed by atoms with Gasteiger partial charge in [0.05, 0.1) is 5.56 Å². The lowest BCUT2D eigenvalue weighted by Crippen LogP contribution is -2.26. The molecule has 2 aromatic heterocycles. The van der Waals surface area contributed by atoms with E-state index in [2.05, 4.69) is 20.7 Å². The Balaban J connectivity index is 1.86. The first kappa shape index (κ1) is 15.0. The average molecular weight is 291 g/mol. The van der Waals surface area contributed by atoms with Crippen LogP contribution in [0.15, 0.2) is 30.7 Å². The molecule has 0 radical (unpaired) electrons. The van der Waals surface area contributed by atoms with E-state index < -0.39 is 11.7 Å². The summed E-state index contributed by atoms with van der Waals surface area (Å²) in [5.41, 5.74) is 0.0000363. The van der Waals surface area contributed by atoms with Gasteiger partial charge in [-0.2, -0.15) is 5.10 Å². The molecule has 7 heteroatoms. The Kier molecular flexibility index (Phi) is 5.25. The summed E-state index contributed by atoms with van der Waals surface area (Å²) >= 11 is 0. The second-order valence-corrected chi connectivity index (χ2v) is 4.43. The number of rotatable bonds is 7. The second-order valence-electron chi connectivity index (χ2n) is 4.43. The largest absolute Gasteiger partial charge is 0.368 e. The van der Waals surface area contributed by atoms with Crippen LogP contribution >= 0.6 is 0 Å². The fourth-order valence-electron chi connectivity index (χ4n) is 1.88. The van der Waals surface area contributed by atoms with Crippen LogP contribution < -0.4 is 10.6 Å². The third-order valence-electron chi connectivity index (χ3n) is 2.89. The topological polar surface area (TPSA) is 71.8 Å². The molecule has 0 atom stereocenters. The molecule has 0 bridgehead atoms. The van der Waals surface area contributed by atoms with Gasteiger partial charge in [0.2, 0.25) is 0 Å². The summed E-state index contributed by atoms with van der Waals surface area (Å²) in [7, 11) is 0. The fourth-order valence-corrected chi connectivity index (χ4v) is 1.88. The van der Waals surface area contributed by atoms with Crippen LogP contribution in [0.3, 0.4) is 0 Å². The van der Waals surface area contributed by atoms with Gasteiger partial charge >= 0.3 is 0 Å². The number of hydrogen-bond donors (Lipinski definition) is 2. The van der Waals surface area contributed by atoms with Crippen LogP contribution in [-0.4, -0.2) is 33.8 Å². The van der Waals surface area contributed by atoms with Crippen molar-refractivity contribution in [1.29, 1.82) is 0 Å². The van der Waals surface area contributed by atoms with Crippen molar-refractivity contribution in [2.75, 3.05) is 18.4 Å². The van der Waals surface area contributed by atoms with Crippen molar-refractivity contribution in [1.82, 2.24) is 20.1 Å². The van der Waals surface area contributed by atoms with Crippen LogP contribution in [0.4, 0.5) is 10.2 Å². The van der Waals surface area contributed by atoms with Crippen LogP contribution in [0.2, 0.25) is 0 Å². The van der Waals surface area contributed by atoms with Crippen LogP contribution in [0.1, 0.15) is 23.7 Å². The van der Waals surface area contributed by atoms with E-state index in [0.29, 0.717) is 19.6 Å². The second kappa shape index (κ2) is 7.37. The zero-order valence-electron chi connectivity index (χ0n) is 11.8. The molecule has 0 aliphatic heterocycles. The van der Waals surface area contributed by atoms with Gasteiger partial charge in [-0.1, -0.05) is 0 Å². The molecule has 2 rings (SSSR count). The fraction of sp³-hybridized carbons (Fsp3) is 0.357. The maximum absolute atomic E-state index is 14.0. The summed E-state index contributed by atoms with van der Waals surface area (Å²) in [4.78, 5) is 15.8. The van der Waals surface area contributed by atoms with Crippen molar-refractivity contribution in [3.05, 3.63) is 42.1 Å². The van der Waals surface area contributed by atoms with E-state index in [-0.39, 0.29) is 11.4 Å². The first-order valence-electron chi connectivity index (χ1n) is 6.86. The molecular formula is C14H18FN5O. The SMILES string of the molecule is CCNc1nccc(C(=O)NCCCn2cccn2)c1F. The van der Waals surface area contributed by atoms with E-state index in [1.165, 1.54) is 12.3 Å². The maximum Gasteiger partial charge on any atom is 0.254 e. The molecule has 0 fully saturated rings. The molecular weight excluding hydrogens is 273 g/mol. The Hall–Kier alpha value is -2.44. The van der Waals surface area contributed by atoms with E-state index in [9.17, 15) is 9.18 Å². The van der Waals surface area contributed by atoms with Gasteiger partial charge in [0, 0.05) is 38.2 Å². The minimum Gasteiger partial charge on any atom is -0.368 e. The number of hydrogen-bond acceptors (Lipinski definition) is 4. The molecule has 21 heavy (non-hydrogen) atoms. The summed E-state index contributed by atoms with van der Waals surface area (Å²) in [6, 6.07) is 3.21. The summed E-state index contributed by atoms with van der Waals surface area (Å²) < 4.78 is 15.8. The minimum atomic E-state index is -0.621. The van der Waals surface area contributed by atoms with Crippen LogP contribution in [0.25, 0.3) is 0 Å². The quantitative estimate of drug-likeness (QED) is 0.761. The lowest BCUT2D eigenvalue weighted by Gasteiger charge is -2.09. The summed E-state index contributed by atoms with van der Waals surface area (Å²) in [5.74, 6) is -0.958. The Bertz CT molecular complexity index is 585. The van der Waals surface area contributed by atoms with Crippen LogP contribution in [-0.2, 0) is 6.54 Å². The molecule has 2 N–H and O–H groups in total. The van der Waals surface area contributed by atoms with Gasteiger partial charge in [-0.25, -0.2) is 9.37 Å². The Morgan fingerprint density at radius 2 is 2.29 bits per heavy atom. The predicted molar refractivity (Wildman–Crippen MR) is 77.5 cm³/mol. The predicted octanol–water partition coefficient (Wildman–Crippen LogP) is 1.67. The zero-order valence-corrected chi connectivity index (χ0v) is 11.8. The molecule has 0 unspecified atom stereocenters. The molecule has 0 spiro atoms. The van der Waals surface area contributed by atoms with Crippen LogP contribution in [0, 0.1) is 5.82 Å². The van der Waals surface area contributed by atoms with Crippen molar-refractivity contribution in [3.63, 3.8) is 0 Å². The maximum atomic E-state index is 14.0. The van der Waals surface area contributed by atoms with Crippen molar-refractivity contribution in [3.8, 4) is 0 Å².